The maximum absolute atomic E-state index is 12.6. The summed E-state index contributed by atoms with van der Waals surface area (Å²) in [4.78, 5) is 0. The van der Waals surface area contributed by atoms with Crippen LogP contribution in [0.15, 0.2) is 23.6 Å². The quantitative estimate of drug-likeness (QED) is 0.919. The van der Waals surface area contributed by atoms with Gasteiger partial charge >= 0.3 is 0 Å². The highest BCUT2D eigenvalue weighted by Crippen LogP contribution is 2.34. The maximum atomic E-state index is 12.6. The Morgan fingerprint density at radius 1 is 1.27 bits per heavy atom. The van der Waals surface area contributed by atoms with E-state index < -0.39 is 16.3 Å². The fraction of sp³-hybridized carbons (Fsp3) is 0.467. The Balaban J connectivity index is 1.81. The first kappa shape index (κ1) is 15.7. The number of sulfone groups is 1. The molecule has 120 valence electrons. The smallest absolute Gasteiger partial charge is 0.242 e. The zero-order valence-electron chi connectivity index (χ0n) is 11.9. The molecule has 0 aliphatic carbocycles. The van der Waals surface area contributed by atoms with Gasteiger partial charge in [-0.05, 0) is 35.2 Å². The highest BCUT2D eigenvalue weighted by molar-refractivity contribution is 7.91. The summed E-state index contributed by atoms with van der Waals surface area (Å²) in [6, 6.07) is 5.76. The topological polar surface area (TPSA) is 46.2 Å². The summed E-state index contributed by atoms with van der Waals surface area (Å²) in [5.41, 5.74) is 1.58. The lowest BCUT2D eigenvalue weighted by atomic mass is 10.1. The van der Waals surface area contributed by atoms with E-state index in [9.17, 15) is 17.2 Å². The van der Waals surface area contributed by atoms with Crippen molar-refractivity contribution in [2.24, 2.45) is 0 Å². The van der Waals surface area contributed by atoms with Crippen molar-refractivity contribution in [3.05, 3.63) is 29.1 Å². The summed E-state index contributed by atoms with van der Waals surface area (Å²) in [5, 5.41) is 6.03. The van der Waals surface area contributed by atoms with Gasteiger partial charge in [0.05, 0.1) is 21.9 Å². The van der Waals surface area contributed by atoms with Crippen LogP contribution in [0.2, 0.25) is 0 Å². The number of hydrogen-bond donors (Lipinski definition) is 1. The summed E-state index contributed by atoms with van der Waals surface area (Å²) < 4.78 is 49.1. The van der Waals surface area contributed by atoms with E-state index >= 15 is 0 Å². The van der Waals surface area contributed by atoms with Crippen molar-refractivity contribution in [2.75, 3.05) is 16.8 Å². The molecule has 0 saturated carbocycles. The first-order valence-electron chi connectivity index (χ1n) is 7.19. The number of benzene rings is 1. The molecular formula is C15H17F2NO2S2. The van der Waals surface area contributed by atoms with Gasteiger partial charge in [-0.15, -0.1) is 11.3 Å². The highest BCUT2D eigenvalue weighted by Gasteiger charge is 2.24. The lowest BCUT2D eigenvalue weighted by Crippen LogP contribution is -2.32. The predicted octanol–water partition coefficient (Wildman–Crippen LogP) is 3.70. The minimum absolute atomic E-state index is 0.120. The molecule has 22 heavy (non-hydrogen) atoms. The molecule has 3 nitrogen and oxygen atoms in total. The highest BCUT2D eigenvalue weighted by atomic mass is 32.2. The lowest BCUT2D eigenvalue weighted by molar-refractivity contribution is 0.149. The monoisotopic (exact) mass is 345 g/mol. The minimum atomic E-state index is -2.88. The number of anilines is 1. The first-order valence-corrected chi connectivity index (χ1v) is 9.89. The number of nitrogens with one attached hydrogen (secondary N) is 1. The van der Waals surface area contributed by atoms with Gasteiger partial charge in [0.15, 0.2) is 0 Å². The van der Waals surface area contributed by atoms with Gasteiger partial charge in [-0.25, -0.2) is 17.2 Å². The van der Waals surface area contributed by atoms with Gasteiger partial charge in [-0.1, -0.05) is 12.1 Å². The molecular weight excluding hydrogens is 328 g/mol. The molecule has 1 N–H and O–H groups in total. The van der Waals surface area contributed by atoms with E-state index in [0.29, 0.717) is 18.4 Å². The molecule has 1 fully saturated rings. The lowest BCUT2D eigenvalue weighted by Gasteiger charge is -2.24. The normalized spacial score (nSPS) is 18.9. The maximum Gasteiger partial charge on any atom is 0.242 e. The van der Waals surface area contributed by atoms with Crippen molar-refractivity contribution in [3.8, 4) is 0 Å². The Morgan fingerprint density at radius 3 is 2.68 bits per heavy atom. The molecule has 2 aromatic rings. The van der Waals surface area contributed by atoms with Crippen LogP contribution in [0.5, 0.6) is 0 Å². The summed E-state index contributed by atoms with van der Waals surface area (Å²) in [5.74, 6) is 0.420. The number of hydrogen-bond acceptors (Lipinski definition) is 4. The Morgan fingerprint density at radius 2 is 2.00 bits per heavy atom. The third kappa shape index (κ3) is 3.41. The molecule has 3 rings (SSSR count). The molecule has 0 radical (unpaired) electrons. The largest absolute Gasteiger partial charge is 0.381 e. The van der Waals surface area contributed by atoms with Crippen LogP contribution in [0, 0.1) is 0 Å². The van der Waals surface area contributed by atoms with E-state index in [0.717, 1.165) is 15.8 Å². The van der Waals surface area contributed by atoms with Gasteiger partial charge in [-0.3, -0.25) is 0 Å². The van der Waals surface area contributed by atoms with Gasteiger partial charge < -0.3 is 5.32 Å². The van der Waals surface area contributed by atoms with Gasteiger partial charge in [-0.2, -0.15) is 0 Å². The van der Waals surface area contributed by atoms with Crippen LogP contribution < -0.4 is 5.32 Å². The third-order valence-corrected chi connectivity index (χ3v) is 6.76. The van der Waals surface area contributed by atoms with E-state index in [-0.39, 0.29) is 24.0 Å². The standard InChI is InChI=1S/C15H17F2NO2S2/c16-14(17)8-10-9-21-15-12(10)2-1-3-13(15)18-11-4-6-22(19,20)7-5-11/h1-3,9,11,14,18H,4-8H2. The van der Waals surface area contributed by atoms with Crippen LogP contribution in [0.25, 0.3) is 10.1 Å². The second kappa shape index (κ2) is 6.12. The van der Waals surface area contributed by atoms with Crippen LogP contribution in [-0.4, -0.2) is 32.4 Å². The number of alkyl halides is 2. The molecule has 1 aromatic heterocycles. The summed E-state index contributed by atoms with van der Waals surface area (Å²) in [6.45, 7) is 0. The number of halogens is 2. The molecule has 1 aromatic carbocycles. The Labute approximate surface area is 132 Å². The van der Waals surface area contributed by atoms with Crippen LogP contribution >= 0.6 is 11.3 Å². The summed E-state index contributed by atoms with van der Waals surface area (Å²) in [6.07, 6.45) is -1.40. The second-order valence-corrected chi connectivity index (χ2v) is 8.79. The van der Waals surface area contributed by atoms with E-state index in [4.69, 9.17) is 0 Å². The molecule has 0 spiro atoms. The van der Waals surface area contributed by atoms with Crippen LogP contribution in [0.4, 0.5) is 14.5 Å². The van der Waals surface area contributed by atoms with Crippen molar-refractivity contribution < 1.29 is 17.2 Å². The van der Waals surface area contributed by atoms with Crippen molar-refractivity contribution in [1.29, 1.82) is 0 Å². The van der Waals surface area contributed by atoms with Gasteiger partial charge in [0.1, 0.15) is 9.84 Å². The van der Waals surface area contributed by atoms with Crippen molar-refractivity contribution >= 4 is 36.9 Å². The molecule has 0 unspecified atom stereocenters. The minimum Gasteiger partial charge on any atom is -0.381 e. The number of thiophene rings is 1. The zero-order valence-corrected chi connectivity index (χ0v) is 13.5. The molecule has 0 atom stereocenters. The molecule has 1 saturated heterocycles. The third-order valence-electron chi connectivity index (χ3n) is 3.97. The number of fused-ring (bicyclic) bond motifs is 1. The van der Waals surface area contributed by atoms with Crippen LogP contribution in [0.1, 0.15) is 18.4 Å². The Kier molecular flexibility index (Phi) is 4.36. The fourth-order valence-electron chi connectivity index (χ4n) is 2.80. The van der Waals surface area contributed by atoms with E-state index in [1.807, 2.05) is 18.2 Å². The number of rotatable bonds is 4. The molecule has 1 aliphatic heterocycles. The average Bonchev–Trinajstić information content (AvgIpc) is 2.85. The molecule has 0 amide bonds. The van der Waals surface area contributed by atoms with Crippen molar-refractivity contribution in [1.82, 2.24) is 0 Å². The van der Waals surface area contributed by atoms with Gasteiger partial charge in [0.2, 0.25) is 6.43 Å². The second-order valence-electron chi connectivity index (χ2n) is 5.61. The summed E-state index contributed by atoms with van der Waals surface area (Å²) in [7, 11) is -2.88. The summed E-state index contributed by atoms with van der Waals surface area (Å²) >= 11 is 1.46. The SMILES string of the molecule is O=S1(=O)CCC(Nc2cccc3c(CC(F)F)csc23)CC1. The average molecular weight is 345 g/mol. The van der Waals surface area contributed by atoms with E-state index in [1.165, 1.54) is 11.3 Å². The van der Waals surface area contributed by atoms with E-state index in [2.05, 4.69) is 5.32 Å². The first-order chi connectivity index (χ1) is 10.4. The van der Waals surface area contributed by atoms with Gasteiger partial charge in [0, 0.05) is 12.5 Å². The molecule has 2 heterocycles. The molecule has 7 heteroatoms. The molecule has 1 aliphatic rings. The van der Waals surface area contributed by atoms with Crippen LogP contribution in [0.3, 0.4) is 0 Å². The van der Waals surface area contributed by atoms with E-state index in [1.54, 1.807) is 5.38 Å². The Hall–Kier alpha value is -1.21. The predicted molar refractivity (Wildman–Crippen MR) is 86.8 cm³/mol. The van der Waals surface area contributed by atoms with Crippen LogP contribution in [-0.2, 0) is 16.3 Å². The zero-order chi connectivity index (χ0) is 15.7. The fourth-order valence-corrected chi connectivity index (χ4v) is 5.36. The Bertz CT molecular complexity index is 757. The molecule has 0 bridgehead atoms. The van der Waals surface area contributed by atoms with Crippen molar-refractivity contribution in [3.63, 3.8) is 0 Å². The van der Waals surface area contributed by atoms with Crippen molar-refractivity contribution in [2.45, 2.75) is 31.7 Å². The van der Waals surface area contributed by atoms with Gasteiger partial charge in [0.25, 0.3) is 0 Å².